The van der Waals surface area contributed by atoms with Crippen LogP contribution >= 0.6 is 0 Å². The number of carbonyl (C=O) groups is 3. The van der Waals surface area contributed by atoms with Crippen LogP contribution in [-0.4, -0.2) is 61.5 Å². The Kier molecular flexibility index (Phi) is 5.35. The Bertz CT molecular complexity index is 970. The number of carboxylic acid groups (broad SMARTS) is 1. The average molecular weight is 399 g/mol. The molecule has 2 aromatic carbocycles. The molecule has 0 bridgehead atoms. The van der Waals surface area contributed by atoms with E-state index in [1.54, 1.807) is 0 Å². The SMILES string of the molecule is O=C(N[C@@H]1CN([C@H](C(=O)O)c2ccc(O)cc2)C1=O)C(=NO)c1ccc(O)cc1. The van der Waals surface area contributed by atoms with E-state index in [0.29, 0.717) is 5.56 Å². The van der Waals surface area contributed by atoms with Crippen molar-refractivity contribution in [1.29, 1.82) is 0 Å². The van der Waals surface area contributed by atoms with Crippen LogP contribution < -0.4 is 5.32 Å². The van der Waals surface area contributed by atoms with Crippen molar-refractivity contribution in [3.8, 4) is 11.5 Å². The highest BCUT2D eigenvalue weighted by Crippen LogP contribution is 2.28. The smallest absolute Gasteiger partial charge is 0.331 e. The minimum atomic E-state index is -1.26. The number of aliphatic carboxylic acids is 1. The van der Waals surface area contributed by atoms with Crippen molar-refractivity contribution in [2.75, 3.05) is 6.54 Å². The van der Waals surface area contributed by atoms with Crippen LogP contribution in [0.2, 0.25) is 0 Å². The number of carbonyl (C=O) groups excluding carboxylic acids is 2. The van der Waals surface area contributed by atoms with E-state index in [4.69, 9.17) is 5.21 Å². The Hall–Kier alpha value is -4.08. The molecule has 1 fully saturated rings. The van der Waals surface area contributed by atoms with E-state index in [9.17, 15) is 29.7 Å². The molecule has 5 N–H and O–H groups in total. The van der Waals surface area contributed by atoms with E-state index < -0.39 is 29.9 Å². The van der Waals surface area contributed by atoms with Crippen LogP contribution in [0.5, 0.6) is 11.5 Å². The highest BCUT2D eigenvalue weighted by atomic mass is 16.4. The fourth-order valence-electron chi connectivity index (χ4n) is 2.99. The third kappa shape index (κ3) is 3.95. The molecule has 10 heteroatoms. The van der Waals surface area contributed by atoms with Gasteiger partial charge >= 0.3 is 5.97 Å². The van der Waals surface area contributed by atoms with Crippen molar-refractivity contribution in [2.45, 2.75) is 12.1 Å². The number of rotatable bonds is 6. The van der Waals surface area contributed by atoms with Gasteiger partial charge in [0.2, 0.25) is 5.91 Å². The lowest BCUT2D eigenvalue weighted by atomic mass is 9.97. The molecule has 3 rings (SSSR count). The lowest BCUT2D eigenvalue weighted by molar-refractivity contribution is -0.160. The Balaban J connectivity index is 1.69. The van der Waals surface area contributed by atoms with E-state index in [-0.39, 0.29) is 29.3 Å². The number of nitrogens with zero attached hydrogens (tertiary/aromatic N) is 2. The minimum Gasteiger partial charge on any atom is -0.508 e. The lowest BCUT2D eigenvalue weighted by Crippen LogP contribution is -2.66. The quantitative estimate of drug-likeness (QED) is 0.204. The Morgan fingerprint density at radius 2 is 1.59 bits per heavy atom. The van der Waals surface area contributed by atoms with Crippen LogP contribution in [0.4, 0.5) is 0 Å². The highest BCUT2D eigenvalue weighted by molar-refractivity contribution is 6.45. The van der Waals surface area contributed by atoms with E-state index >= 15 is 0 Å². The number of aromatic hydroxyl groups is 2. The van der Waals surface area contributed by atoms with Crippen LogP contribution in [0.25, 0.3) is 0 Å². The standard InChI is InChI=1S/C19H17N3O7/c23-12-5-1-10(2-6-12)15(21-29)17(25)20-14-9-22(18(14)26)16(19(27)28)11-3-7-13(24)8-4-11/h1-8,14,16,23-24,29H,9H2,(H,20,25)(H,27,28)/t14-,16+/m1/s1. The van der Waals surface area contributed by atoms with Crippen molar-refractivity contribution < 1.29 is 34.9 Å². The summed E-state index contributed by atoms with van der Waals surface area (Å²) in [5.41, 5.74) is 0.165. The maximum Gasteiger partial charge on any atom is 0.331 e. The second kappa shape index (κ2) is 7.89. The first kappa shape index (κ1) is 19.7. The lowest BCUT2D eigenvalue weighted by Gasteiger charge is -2.42. The normalized spacial score (nSPS) is 17.4. The van der Waals surface area contributed by atoms with Gasteiger partial charge in [0, 0.05) is 5.56 Å². The molecule has 150 valence electrons. The number of oxime groups is 1. The number of carboxylic acids is 1. The van der Waals surface area contributed by atoms with Crippen molar-refractivity contribution in [3.05, 3.63) is 59.7 Å². The molecule has 0 spiro atoms. The van der Waals surface area contributed by atoms with Gasteiger partial charge in [0.25, 0.3) is 5.91 Å². The Labute approximate surface area is 164 Å². The van der Waals surface area contributed by atoms with Crippen LogP contribution in [-0.2, 0) is 14.4 Å². The third-order valence-electron chi connectivity index (χ3n) is 4.48. The summed E-state index contributed by atoms with van der Waals surface area (Å²) in [6.45, 7) is -0.0588. The van der Waals surface area contributed by atoms with Crippen molar-refractivity contribution in [1.82, 2.24) is 10.2 Å². The van der Waals surface area contributed by atoms with Gasteiger partial charge in [-0.05, 0) is 42.0 Å². The molecule has 2 atom stereocenters. The zero-order valence-corrected chi connectivity index (χ0v) is 14.9. The number of β-lactam (4-membered cyclic amide) rings is 1. The second-order valence-electron chi connectivity index (χ2n) is 6.34. The molecule has 1 heterocycles. The van der Waals surface area contributed by atoms with Crippen molar-refractivity contribution in [2.24, 2.45) is 5.16 Å². The van der Waals surface area contributed by atoms with E-state index in [1.165, 1.54) is 48.5 Å². The molecule has 29 heavy (non-hydrogen) atoms. The zero-order valence-electron chi connectivity index (χ0n) is 14.9. The molecule has 0 radical (unpaired) electrons. The maximum atomic E-state index is 12.4. The Morgan fingerprint density at radius 1 is 1.03 bits per heavy atom. The fourth-order valence-corrected chi connectivity index (χ4v) is 2.99. The monoisotopic (exact) mass is 399 g/mol. The zero-order chi connectivity index (χ0) is 21.1. The van der Waals surface area contributed by atoms with Gasteiger partial charge in [-0.25, -0.2) is 4.79 Å². The summed E-state index contributed by atoms with van der Waals surface area (Å²) in [5.74, 6) is -2.77. The van der Waals surface area contributed by atoms with Crippen molar-refractivity contribution >= 4 is 23.5 Å². The predicted octanol–water partition coefficient (Wildman–Crippen LogP) is 0.429. The molecule has 2 aromatic rings. The molecule has 1 saturated heterocycles. The number of benzene rings is 2. The molecule has 1 aliphatic heterocycles. The van der Waals surface area contributed by atoms with Crippen LogP contribution in [0, 0.1) is 0 Å². The van der Waals surface area contributed by atoms with Crippen LogP contribution in [0.15, 0.2) is 53.7 Å². The molecule has 10 nitrogen and oxygen atoms in total. The number of nitrogens with one attached hydrogen (secondary N) is 1. The molecule has 2 amide bonds. The topological polar surface area (TPSA) is 160 Å². The van der Waals surface area contributed by atoms with E-state index in [0.717, 1.165) is 4.90 Å². The number of hydrogen-bond donors (Lipinski definition) is 5. The number of amides is 2. The average Bonchev–Trinajstić information content (AvgIpc) is 2.69. The molecule has 0 aliphatic carbocycles. The number of phenolic OH excluding ortho intramolecular Hbond substituents is 2. The molecular formula is C19H17N3O7. The van der Waals surface area contributed by atoms with E-state index in [1.807, 2.05) is 0 Å². The summed E-state index contributed by atoms with van der Waals surface area (Å²) in [5, 5.41) is 42.6. The Morgan fingerprint density at radius 3 is 2.07 bits per heavy atom. The van der Waals surface area contributed by atoms with E-state index in [2.05, 4.69) is 10.5 Å². The predicted molar refractivity (Wildman–Crippen MR) is 98.6 cm³/mol. The summed E-state index contributed by atoms with van der Waals surface area (Å²) >= 11 is 0. The number of hydrogen-bond acceptors (Lipinski definition) is 7. The molecule has 1 aliphatic rings. The molecular weight excluding hydrogens is 382 g/mol. The summed E-state index contributed by atoms with van der Waals surface area (Å²) < 4.78 is 0. The van der Waals surface area contributed by atoms with Gasteiger partial charge in [0.1, 0.15) is 17.5 Å². The first-order valence-electron chi connectivity index (χ1n) is 8.46. The number of phenols is 2. The van der Waals surface area contributed by atoms with Crippen LogP contribution in [0.1, 0.15) is 17.2 Å². The summed E-state index contributed by atoms with van der Waals surface area (Å²) in [4.78, 5) is 37.5. The summed E-state index contributed by atoms with van der Waals surface area (Å²) in [6.07, 6.45) is 0. The van der Waals surface area contributed by atoms with Gasteiger partial charge in [0.15, 0.2) is 11.8 Å². The molecule has 0 unspecified atom stereocenters. The van der Waals surface area contributed by atoms with Gasteiger partial charge in [-0.3, -0.25) is 9.59 Å². The summed E-state index contributed by atoms with van der Waals surface area (Å²) in [6, 6.07) is 8.53. The fraction of sp³-hybridized carbons (Fsp3) is 0.158. The second-order valence-corrected chi connectivity index (χ2v) is 6.34. The van der Waals surface area contributed by atoms with Gasteiger partial charge in [-0.1, -0.05) is 17.3 Å². The van der Waals surface area contributed by atoms with Gasteiger partial charge in [0.05, 0.1) is 6.54 Å². The molecule has 0 aromatic heterocycles. The summed E-state index contributed by atoms with van der Waals surface area (Å²) in [7, 11) is 0. The third-order valence-corrected chi connectivity index (χ3v) is 4.48. The highest BCUT2D eigenvalue weighted by Gasteiger charge is 2.45. The van der Waals surface area contributed by atoms with Crippen molar-refractivity contribution in [3.63, 3.8) is 0 Å². The largest absolute Gasteiger partial charge is 0.508 e. The van der Waals surface area contributed by atoms with Gasteiger partial charge < -0.3 is 30.7 Å². The first-order chi connectivity index (χ1) is 13.8. The van der Waals surface area contributed by atoms with Crippen LogP contribution in [0.3, 0.4) is 0 Å². The molecule has 0 saturated carbocycles. The first-order valence-corrected chi connectivity index (χ1v) is 8.46. The maximum absolute atomic E-state index is 12.4. The van der Waals surface area contributed by atoms with Gasteiger partial charge in [-0.2, -0.15) is 0 Å². The van der Waals surface area contributed by atoms with Gasteiger partial charge in [-0.15, -0.1) is 0 Å². The number of likely N-dealkylation sites (tertiary alicyclic amines) is 1. The minimum absolute atomic E-state index is 0.0368.